The number of para-hydroxylation sites is 1. The normalized spacial score (nSPS) is 11.5. The van der Waals surface area contributed by atoms with Crippen LogP contribution < -0.4 is 5.32 Å². The number of aromatic nitrogens is 1. The van der Waals surface area contributed by atoms with Crippen LogP contribution in [0.15, 0.2) is 79.0 Å². The first-order valence-electron chi connectivity index (χ1n) is 8.96. The van der Waals surface area contributed by atoms with Crippen molar-refractivity contribution in [3.63, 3.8) is 0 Å². The van der Waals surface area contributed by atoms with Crippen molar-refractivity contribution in [1.29, 1.82) is 0 Å². The third kappa shape index (κ3) is 3.86. The summed E-state index contributed by atoms with van der Waals surface area (Å²) < 4.78 is 40.5. The number of carbonyl (C=O) groups is 1. The summed E-state index contributed by atoms with van der Waals surface area (Å²) in [5.74, 6) is -0.497. The van der Waals surface area contributed by atoms with E-state index in [-0.39, 0.29) is 16.5 Å². The lowest BCUT2D eigenvalue weighted by molar-refractivity contribution is -0.136. The van der Waals surface area contributed by atoms with Crippen molar-refractivity contribution in [2.75, 3.05) is 5.32 Å². The number of benzene rings is 3. The first-order chi connectivity index (χ1) is 14.3. The van der Waals surface area contributed by atoms with Gasteiger partial charge in [-0.25, -0.2) is 0 Å². The lowest BCUT2D eigenvalue weighted by Crippen LogP contribution is -2.15. The molecule has 0 saturated heterocycles. The van der Waals surface area contributed by atoms with Gasteiger partial charge in [0, 0.05) is 27.9 Å². The zero-order valence-electron chi connectivity index (χ0n) is 15.4. The molecule has 0 aliphatic carbocycles. The summed E-state index contributed by atoms with van der Waals surface area (Å²) >= 11 is 5.97. The minimum absolute atomic E-state index is 0.160. The van der Waals surface area contributed by atoms with Crippen LogP contribution in [0.3, 0.4) is 0 Å². The van der Waals surface area contributed by atoms with Gasteiger partial charge in [0.25, 0.3) is 5.91 Å². The van der Waals surface area contributed by atoms with E-state index in [2.05, 4.69) is 10.3 Å². The molecular weight excluding hydrogens is 413 g/mol. The fraction of sp³-hybridized carbons (Fsp3) is 0.0435. The molecule has 1 N–H and O–H groups in total. The molecule has 3 aromatic carbocycles. The SMILES string of the molecule is O=C(Nc1cccc(Cl)c1)c1cnc2c(C(F)(F)F)cccc2c1-c1ccccc1. The quantitative estimate of drug-likeness (QED) is 0.390. The predicted octanol–water partition coefficient (Wildman–Crippen LogP) is 6.83. The molecular formula is C23H14ClF3N2O. The maximum Gasteiger partial charge on any atom is 0.418 e. The zero-order valence-corrected chi connectivity index (χ0v) is 16.1. The first kappa shape index (κ1) is 19.9. The Hall–Kier alpha value is -3.38. The van der Waals surface area contributed by atoms with Crippen LogP contribution >= 0.6 is 11.6 Å². The maximum atomic E-state index is 13.5. The first-order valence-corrected chi connectivity index (χ1v) is 9.33. The van der Waals surface area contributed by atoms with E-state index < -0.39 is 17.6 Å². The number of nitrogens with one attached hydrogen (secondary N) is 1. The fourth-order valence-electron chi connectivity index (χ4n) is 3.30. The van der Waals surface area contributed by atoms with Gasteiger partial charge in [0.15, 0.2) is 0 Å². The van der Waals surface area contributed by atoms with Crippen molar-refractivity contribution in [3.05, 3.63) is 95.1 Å². The van der Waals surface area contributed by atoms with Crippen LogP contribution in [-0.4, -0.2) is 10.9 Å². The van der Waals surface area contributed by atoms with Crippen molar-refractivity contribution < 1.29 is 18.0 Å². The summed E-state index contributed by atoms with van der Waals surface area (Å²) in [6, 6.07) is 19.2. The number of rotatable bonds is 3. The van der Waals surface area contributed by atoms with Crippen LogP contribution in [0.25, 0.3) is 22.0 Å². The summed E-state index contributed by atoms with van der Waals surface area (Å²) in [6.45, 7) is 0. The number of hydrogen-bond donors (Lipinski definition) is 1. The molecule has 0 spiro atoms. The van der Waals surface area contributed by atoms with Gasteiger partial charge in [-0.15, -0.1) is 0 Å². The zero-order chi connectivity index (χ0) is 21.3. The summed E-state index contributed by atoms with van der Waals surface area (Å²) in [5.41, 5.74) is 0.567. The largest absolute Gasteiger partial charge is 0.418 e. The van der Waals surface area contributed by atoms with Crippen molar-refractivity contribution >= 4 is 34.1 Å². The molecule has 0 fully saturated rings. The minimum Gasteiger partial charge on any atom is -0.322 e. The molecule has 0 unspecified atom stereocenters. The molecule has 4 aromatic rings. The second-order valence-electron chi connectivity index (χ2n) is 6.58. The van der Waals surface area contributed by atoms with Gasteiger partial charge in [-0.2, -0.15) is 13.2 Å². The molecule has 1 heterocycles. The molecule has 150 valence electrons. The van der Waals surface area contributed by atoms with Crippen molar-refractivity contribution in [2.45, 2.75) is 6.18 Å². The lowest BCUT2D eigenvalue weighted by Gasteiger charge is -2.16. The average molecular weight is 427 g/mol. The Labute approximate surface area is 175 Å². The highest BCUT2D eigenvalue weighted by atomic mass is 35.5. The van der Waals surface area contributed by atoms with E-state index in [0.717, 1.165) is 6.07 Å². The Balaban J connectivity index is 1.92. The number of hydrogen-bond acceptors (Lipinski definition) is 2. The number of carbonyl (C=O) groups excluding carboxylic acids is 1. The second-order valence-corrected chi connectivity index (χ2v) is 7.01. The average Bonchev–Trinajstić information content (AvgIpc) is 2.72. The lowest BCUT2D eigenvalue weighted by atomic mass is 9.94. The van der Waals surface area contributed by atoms with E-state index in [0.29, 0.717) is 21.8 Å². The molecule has 1 amide bonds. The monoisotopic (exact) mass is 426 g/mol. The highest BCUT2D eigenvalue weighted by Gasteiger charge is 2.34. The fourth-order valence-corrected chi connectivity index (χ4v) is 3.49. The van der Waals surface area contributed by atoms with Gasteiger partial charge in [-0.05, 0) is 29.8 Å². The standard InChI is InChI=1S/C23H14ClF3N2O/c24-15-8-4-9-16(12-15)29-22(30)18-13-28-21-17(10-5-11-19(21)23(25,26)27)20(18)14-6-2-1-3-7-14/h1-13H,(H,29,30). The Bertz CT molecular complexity index is 1240. The summed E-state index contributed by atoms with van der Waals surface area (Å²) in [7, 11) is 0. The topological polar surface area (TPSA) is 42.0 Å². The molecule has 0 atom stereocenters. The number of amides is 1. The van der Waals surface area contributed by atoms with Gasteiger partial charge in [-0.3, -0.25) is 9.78 Å². The molecule has 1 aromatic heterocycles. The van der Waals surface area contributed by atoms with Gasteiger partial charge in [0.1, 0.15) is 0 Å². The number of alkyl halides is 3. The van der Waals surface area contributed by atoms with E-state index in [1.165, 1.54) is 18.3 Å². The highest BCUT2D eigenvalue weighted by molar-refractivity contribution is 6.31. The third-order valence-corrected chi connectivity index (χ3v) is 4.83. The molecule has 0 saturated carbocycles. The van der Waals surface area contributed by atoms with E-state index >= 15 is 0 Å². The number of fused-ring (bicyclic) bond motifs is 1. The number of pyridine rings is 1. The maximum absolute atomic E-state index is 13.5. The van der Waals surface area contributed by atoms with Crippen LogP contribution in [0.1, 0.15) is 15.9 Å². The molecule has 3 nitrogen and oxygen atoms in total. The molecule has 7 heteroatoms. The van der Waals surface area contributed by atoms with E-state index in [9.17, 15) is 18.0 Å². The Morgan fingerprint density at radius 1 is 0.933 bits per heavy atom. The molecule has 0 radical (unpaired) electrons. The Kier molecular flexibility index (Phi) is 5.18. The summed E-state index contributed by atoms with van der Waals surface area (Å²) in [6.07, 6.45) is -3.38. The van der Waals surface area contributed by atoms with Gasteiger partial charge in [-0.1, -0.05) is 60.1 Å². The third-order valence-electron chi connectivity index (χ3n) is 4.59. The summed E-state index contributed by atoms with van der Waals surface area (Å²) in [5, 5.41) is 3.43. The van der Waals surface area contributed by atoms with Crippen LogP contribution in [-0.2, 0) is 6.18 Å². The predicted molar refractivity (Wildman–Crippen MR) is 112 cm³/mol. The molecule has 4 rings (SSSR count). The van der Waals surface area contributed by atoms with Crippen molar-refractivity contribution in [1.82, 2.24) is 4.98 Å². The Morgan fingerprint density at radius 3 is 2.37 bits per heavy atom. The molecule has 0 aliphatic heterocycles. The second kappa shape index (κ2) is 7.80. The van der Waals surface area contributed by atoms with Crippen molar-refractivity contribution in [2.24, 2.45) is 0 Å². The van der Waals surface area contributed by atoms with Crippen molar-refractivity contribution in [3.8, 4) is 11.1 Å². The van der Waals surface area contributed by atoms with Gasteiger partial charge in [0.2, 0.25) is 0 Å². The molecule has 30 heavy (non-hydrogen) atoms. The summed E-state index contributed by atoms with van der Waals surface area (Å²) in [4.78, 5) is 17.0. The van der Waals surface area contributed by atoms with Gasteiger partial charge < -0.3 is 5.32 Å². The van der Waals surface area contributed by atoms with Crippen LogP contribution in [0, 0.1) is 0 Å². The smallest absolute Gasteiger partial charge is 0.322 e. The molecule has 0 bridgehead atoms. The number of halogens is 4. The minimum atomic E-state index is -4.56. The molecule has 0 aliphatic rings. The number of nitrogens with zero attached hydrogens (tertiary/aromatic N) is 1. The van der Waals surface area contributed by atoms with E-state index in [1.54, 1.807) is 54.6 Å². The highest BCUT2D eigenvalue weighted by Crippen LogP contribution is 2.38. The van der Waals surface area contributed by atoms with Gasteiger partial charge in [0.05, 0.1) is 16.6 Å². The van der Waals surface area contributed by atoms with Crippen LogP contribution in [0.2, 0.25) is 5.02 Å². The van der Waals surface area contributed by atoms with E-state index in [4.69, 9.17) is 11.6 Å². The van der Waals surface area contributed by atoms with Crippen LogP contribution in [0.4, 0.5) is 18.9 Å². The van der Waals surface area contributed by atoms with Crippen LogP contribution in [0.5, 0.6) is 0 Å². The Morgan fingerprint density at radius 2 is 1.67 bits per heavy atom. The van der Waals surface area contributed by atoms with E-state index in [1.807, 2.05) is 0 Å². The van der Waals surface area contributed by atoms with Gasteiger partial charge >= 0.3 is 6.18 Å². The number of anilines is 1.